The molecule has 7 heteroatoms. The molecule has 0 aliphatic heterocycles. The highest BCUT2D eigenvalue weighted by atomic mass is 127. The molecule has 0 N–H and O–H groups in total. The van der Waals surface area contributed by atoms with E-state index in [1.54, 1.807) is 11.3 Å². The van der Waals surface area contributed by atoms with Crippen LogP contribution in [0.2, 0.25) is 0 Å². The third-order valence-corrected chi connectivity index (χ3v) is 5.64. The summed E-state index contributed by atoms with van der Waals surface area (Å²) in [6.07, 6.45) is 6.23. The minimum absolute atomic E-state index is 0.189. The Morgan fingerprint density at radius 2 is 2.11 bits per heavy atom. The molecular weight excluding hydrogens is 477 g/mol. The lowest BCUT2D eigenvalue weighted by molar-refractivity contribution is -0.142. The van der Waals surface area contributed by atoms with Gasteiger partial charge in [0.05, 0.1) is 17.3 Å². The number of carbonyl (C=O) groups is 2. The predicted octanol–water partition coefficient (Wildman–Crippen LogP) is 5.13. The molecule has 0 fully saturated rings. The number of nitrogens with zero attached hydrogens (tertiary/aromatic N) is 1. The summed E-state index contributed by atoms with van der Waals surface area (Å²) in [5.41, 5.74) is 2.16. The molecule has 5 nitrogen and oxygen atoms in total. The van der Waals surface area contributed by atoms with Crippen molar-refractivity contribution in [2.45, 2.75) is 52.1 Å². The number of thiazole rings is 1. The van der Waals surface area contributed by atoms with E-state index in [0.717, 1.165) is 23.2 Å². The third kappa shape index (κ3) is 9.86. The molecule has 0 unspecified atom stereocenters. The first-order valence-electron chi connectivity index (χ1n) is 8.72. The van der Waals surface area contributed by atoms with E-state index in [1.807, 2.05) is 29.4 Å². The fourth-order valence-corrected chi connectivity index (χ4v) is 3.43. The van der Waals surface area contributed by atoms with Gasteiger partial charge in [-0.2, -0.15) is 0 Å². The second-order valence-corrected chi connectivity index (χ2v) is 7.80. The van der Waals surface area contributed by atoms with Crippen LogP contribution in [0.25, 0.3) is 0 Å². The van der Waals surface area contributed by atoms with Gasteiger partial charge in [-0.15, -0.1) is 11.3 Å². The first kappa shape index (κ1) is 23.6. The van der Waals surface area contributed by atoms with Gasteiger partial charge in [0.2, 0.25) is 0 Å². The Labute approximate surface area is 178 Å². The van der Waals surface area contributed by atoms with Gasteiger partial charge in [0.1, 0.15) is 6.10 Å². The Bertz CT molecular complexity index is 696. The van der Waals surface area contributed by atoms with Gasteiger partial charge in [-0.05, 0) is 24.4 Å². The van der Waals surface area contributed by atoms with Gasteiger partial charge in [0, 0.05) is 36.3 Å². The van der Waals surface area contributed by atoms with Crippen molar-refractivity contribution in [1.82, 2.24) is 4.98 Å². The Morgan fingerprint density at radius 3 is 2.78 bits per heavy atom. The summed E-state index contributed by atoms with van der Waals surface area (Å²) in [7, 11) is 0. The van der Waals surface area contributed by atoms with Crippen molar-refractivity contribution in [2.24, 2.45) is 0 Å². The molecule has 2 atom stereocenters. The summed E-state index contributed by atoms with van der Waals surface area (Å²) in [6.45, 7) is 9.68. The number of aromatic nitrogens is 1. The molecule has 1 aromatic rings. The van der Waals surface area contributed by atoms with E-state index in [1.165, 1.54) is 11.6 Å². The van der Waals surface area contributed by atoms with Crippen LogP contribution < -0.4 is 0 Å². The van der Waals surface area contributed by atoms with Crippen molar-refractivity contribution in [3.8, 4) is 0 Å². The van der Waals surface area contributed by atoms with Gasteiger partial charge in [0.25, 0.3) is 0 Å². The van der Waals surface area contributed by atoms with Gasteiger partial charge in [-0.25, -0.2) is 14.6 Å². The van der Waals surface area contributed by atoms with Crippen molar-refractivity contribution < 1.29 is 19.1 Å². The van der Waals surface area contributed by atoms with Crippen molar-refractivity contribution in [2.75, 3.05) is 6.61 Å². The number of hydrogen-bond donors (Lipinski definition) is 0. The summed E-state index contributed by atoms with van der Waals surface area (Å²) in [6, 6.07) is 0. The van der Waals surface area contributed by atoms with Gasteiger partial charge < -0.3 is 9.47 Å². The lowest BCUT2D eigenvalue weighted by Crippen LogP contribution is -2.15. The predicted molar refractivity (Wildman–Crippen MR) is 117 cm³/mol. The number of allylic oxidation sites excluding steroid dienone is 1. The van der Waals surface area contributed by atoms with Crippen LogP contribution in [0.4, 0.5) is 0 Å². The summed E-state index contributed by atoms with van der Waals surface area (Å²) < 4.78 is 12.3. The molecule has 0 spiro atoms. The van der Waals surface area contributed by atoms with E-state index >= 15 is 0 Å². The van der Waals surface area contributed by atoms with Crippen molar-refractivity contribution >= 4 is 45.9 Å². The SMILES string of the molecule is C=CC(=O)O[C@H](C)Cc1nc([C@@H](C)C/C=C/C(=O)OCC/C(C)=C/I)cs1. The van der Waals surface area contributed by atoms with E-state index in [2.05, 4.69) is 41.1 Å². The zero-order valence-electron chi connectivity index (χ0n) is 15.9. The molecule has 0 aromatic carbocycles. The molecule has 27 heavy (non-hydrogen) atoms. The van der Waals surface area contributed by atoms with E-state index < -0.39 is 5.97 Å². The first-order valence-corrected chi connectivity index (χ1v) is 10.8. The van der Waals surface area contributed by atoms with Crippen LogP contribution in [-0.4, -0.2) is 29.6 Å². The van der Waals surface area contributed by atoms with Crippen molar-refractivity contribution in [3.05, 3.63) is 50.5 Å². The summed E-state index contributed by atoms with van der Waals surface area (Å²) in [5.74, 6) is -0.556. The number of ether oxygens (including phenoxy) is 2. The van der Waals surface area contributed by atoms with Crippen LogP contribution in [0.3, 0.4) is 0 Å². The maximum atomic E-state index is 11.7. The fraction of sp³-hybridized carbons (Fsp3) is 0.450. The maximum absolute atomic E-state index is 11.7. The highest BCUT2D eigenvalue weighted by Crippen LogP contribution is 2.23. The monoisotopic (exact) mass is 503 g/mol. The molecular formula is C20H26INO4S. The van der Waals surface area contributed by atoms with E-state index in [0.29, 0.717) is 19.4 Å². The topological polar surface area (TPSA) is 65.5 Å². The normalized spacial score (nSPS) is 14.0. The fourth-order valence-electron chi connectivity index (χ4n) is 2.08. The van der Waals surface area contributed by atoms with Crippen LogP contribution >= 0.6 is 33.9 Å². The number of halogens is 1. The van der Waals surface area contributed by atoms with Gasteiger partial charge in [-0.3, -0.25) is 0 Å². The highest BCUT2D eigenvalue weighted by molar-refractivity contribution is 14.1. The van der Waals surface area contributed by atoms with Gasteiger partial charge in [0.15, 0.2) is 0 Å². The molecule has 0 radical (unpaired) electrons. The lowest BCUT2D eigenvalue weighted by atomic mass is 10.1. The number of hydrogen-bond acceptors (Lipinski definition) is 6. The summed E-state index contributed by atoms with van der Waals surface area (Å²) in [4.78, 5) is 27.5. The highest BCUT2D eigenvalue weighted by Gasteiger charge is 2.13. The van der Waals surface area contributed by atoms with Crippen LogP contribution in [0, 0.1) is 0 Å². The molecule has 0 saturated heterocycles. The van der Waals surface area contributed by atoms with Crippen LogP contribution in [0.5, 0.6) is 0 Å². The Morgan fingerprint density at radius 1 is 1.37 bits per heavy atom. The van der Waals surface area contributed by atoms with Crippen LogP contribution in [0.15, 0.2) is 39.8 Å². The first-order chi connectivity index (χ1) is 12.8. The molecule has 0 amide bonds. The maximum Gasteiger partial charge on any atom is 0.330 e. The average Bonchev–Trinajstić information content (AvgIpc) is 3.09. The molecule has 0 bridgehead atoms. The smallest absolute Gasteiger partial charge is 0.330 e. The Kier molecular flexibility index (Phi) is 11.2. The molecule has 0 aliphatic rings. The molecule has 148 valence electrons. The van der Waals surface area contributed by atoms with Crippen molar-refractivity contribution in [3.63, 3.8) is 0 Å². The summed E-state index contributed by atoms with van der Waals surface area (Å²) in [5, 5.41) is 2.93. The standard InChI is InChI=1S/C20H26INO4S/c1-5-19(23)26-16(4)11-18-22-17(13-27-18)15(3)7-6-8-20(24)25-10-9-14(2)12-21/h5-6,8,12-13,15-16H,1,7,9-11H2,2-4H3/b8-6+,14-12+/t15-,16+/m0/s1. The molecule has 1 heterocycles. The quantitative estimate of drug-likeness (QED) is 0.238. The van der Waals surface area contributed by atoms with E-state index in [-0.39, 0.29) is 18.0 Å². The van der Waals surface area contributed by atoms with Crippen LogP contribution in [-0.2, 0) is 25.5 Å². The minimum Gasteiger partial charge on any atom is -0.462 e. The van der Waals surface area contributed by atoms with E-state index in [4.69, 9.17) is 9.47 Å². The zero-order valence-corrected chi connectivity index (χ0v) is 18.9. The van der Waals surface area contributed by atoms with Crippen LogP contribution in [0.1, 0.15) is 50.2 Å². The van der Waals surface area contributed by atoms with Gasteiger partial charge >= 0.3 is 11.9 Å². The van der Waals surface area contributed by atoms with Crippen molar-refractivity contribution in [1.29, 1.82) is 0 Å². The summed E-state index contributed by atoms with van der Waals surface area (Å²) >= 11 is 3.72. The average molecular weight is 503 g/mol. The lowest BCUT2D eigenvalue weighted by Gasteiger charge is -2.09. The zero-order chi connectivity index (χ0) is 20.2. The molecule has 0 saturated carbocycles. The van der Waals surface area contributed by atoms with E-state index in [9.17, 15) is 9.59 Å². The largest absolute Gasteiger partial charge is 0.462 e. The Balaban J connectivity index is 2.41. The second kappa shape index (κ2) is 12.8. The molecule has 0 aliphatic carbocycles. The minimum atomic E-state index is -0.426. The molecule has 1 rings (SSSR count). The number of carbonyl (C=O) groups excluding carboxylic acids is 2. The second-order valence-electron chi connectivity index (χ2n) is 6.23. The number of esters is 2. The Hall–Kier alpha value is -1.48. The number of rotatable bonds is 11. The molecule has 1 aromatic heterocycles. The third-order valence-electron chi connectivity index (χ3n) is 3.69. The van der Waals surface area contributed by atoms with Gasteiger partial charge in [-0.1, -0.05) is 47.7 Å².